The van der Waals surface area contributed by atoms with Crippen LogP contribution in [-0.4, -0.2) is 19.7 Å². The molecule has 0 radical (unpaired) electrons. The zero-order valence-electron chi connectivity index (χ0n) is 10.2. The largest absolute Gasteiger partial charge is 0.494 e. The molecule has 1 aromatic rings. The maximum absolute atomic E-state index is 5.61. The fourth-order valence-corrected chi connectivity index (χ4v) is 1.54. The number of para-hydroxylation sites is 1. The first kappa shape index (κ1) is 13.0. The van der Waals surface area contributed by atoms with Gasteiger partial charge in [-0.3, -0.25) is 0 Å². The zero-order valence-corrected chi connectivity index (χ0v) is 10.2. The van der Waals surface area contributed by atoms with Crippen molar-refractivity contribution in [2.24, 2.45) is 0 Å². The second-order valence-electron chi connectivity index (χ2n) is 3.97. The van der Waals surface area contributed by atoms with Crippen LogP contribution < -0.4 is 10.1 Å². The Morgan fingerprint density at radius 3 is 2.56 bits per heavy atom. The molecule has 0 aliphatic heterocycles. The Morgan fingerprint density at radius 1 is 1.00 bits per heavy atom. The molecule has 0 aliphatic carbocycles. The van der Waals surface area contributed by atoms with Crippen LogP contribution in [0.1, 0.15) is 32.6 Å². The van der Waals surface area contributed by atoms with Crippen molar-refractivity contribution < 1.29 is 4.74 Å². The predicted molar refractivity (Wildman–Crippen MR) is 68.9 cm³/mol. The van der Waals surface area contributed by atoms with E-state index in [4.69, 9.17) is 4.74 Å². The van der Waals surface area contributed by atoms with Crippen molar-refractivity contribution in [2.45, 2.75) is 32.6 Å². The molecule has 0 saturated heterocycles. The molecule has 16 heavy (non-hydrogen) atoms. The minimum atomic E-state index is 0.831. The lowest BCUT2D eigenvalue weighted by Crippen LogP contribution is -2.15. The summed E-state index contributed by atoms with van der Waals surface area (Å²) in [6, 6.07) is 10.0. The SMILES string of the molecule is CCCNCCCCCOc1ccccc1. The summed E-state index contributed by atoms with van der Waals surface area (Å²) in [5, 5.41) is 3.40. The Hall–Kier alpha value is -1.02. The average Bonchev–Trinajstić information content (AvgIpc) is 2.34. The number of benzene rings is 1. The van der Waals surface area contributed by atoms with E-state index < -0.39 is 0 Å². The number of unbranched alkanes of at least 4 members (excludes halogenated alkanes) is 2. The molecule has 0 unspecified atom stereocenters. The third kappa shape index (κ3) is 6.46. The molecule has 0 atom stereocenters. The van der Waals surface area contributed by atoms with Gasteiger partial charge >= 0.3 is 0 Å². The first-order valence-corrected chi connectivity index (χ1v) is 6.32. The van der Waals surface area contributed by atoms with E-state index in [-0.39, 0.29) is 0 Å². The molecule has 0 fully saturated rings. The maximum atomic E-state index is 5.61. The van der Waals surface area contributed by atoms with Crippen LogP contribution in [0.4, 0.5) is 0 Å². The Kier molecular flexibility index (Phi) is 7.52. The van der Waals surface area contributed by atoms with Gasteiger partial charge in [0, 0.05) is 0 Å². The molecule has 0 bridgehead atoms. The first-order chi connectivity index (χ1) is 7.93. The molecule has 2 heteroatoms. The smallest absolute Gasteiger partial charge is 0.119 e. The standard InChI is InChI=1S/C14H23NO/c1-2-11-15-12-7-4-8-13-16-14-9-5-3-6-10-14/h3,5-6,9-10,15H,2,4,7-8,11-13H2,1H3. The van der Waals surface area contributed by atoms with Crippen LogP contribution in [0.5, 0.6) is 5.75 Å². The molecule has 0 aromatic heterocycles. The number of ether oxygens (including phenoxy) is 1. The third-order valence-corrected chi connectivity index (χ3v) is 2.44. The summed E-state index contributed by atoms with van der Waals surface area (Å²) in [7, 11) is 0. The summed E-state index contributed by atoms with van der Waals surface area (Å²) < 4.78 is 5.61. The fourth-order valence-electron chi connectivity index (χ4n) is 1.54. The van der Waals surface area contributed by atoms with E-state index in [2.05, 4.69) is 12.2 Å². The van der Waals surface area contributed by atoms with Gasteiger partial charge in [0.25, 0.3) is 0 Å². The molecule has 0 amide bonds. The minimum Gasteiger partial charge on any atom is -0.494 e. The highest BCUT2D eigenvalue weighted by Crippen LogP contribution is 2.08. The normalized spacial score (nSPS) is 10.3. The van der Waals surface area contributed by atoms with Crippen LogP contribution in [0.2, 0.25) is 0 Å². The number of hydrogen-bond acceptors (Lipinski definition) is 2. The van der Waals surface area contributed by atoms with Gasteiger partial charge in [-0.15, -0.1) is 0 Å². The summed E-state index contributed by atoms with van der Waals surface area (Å²) in [5.74, 6) is 0.978. The minimum absolute atomic E-state index is 0.831. The van der Waals surface area contributed by atoms with Gasteiger partial charge < -0.3 is 10.1 Å². The van der Waals surface area contributed by atoms with Crippen molar-refractivity contribution in [2.75, 3.05) is 19.7 Å². The van der Waals surface area contributed by atoms with Gasteiger partial charge in [0.05, 0.1) is 6.61 Å². The van der Waals surface area contributed by atoms with Crippen molar-refractivity contribution in [3.8, 4) is 5.75 Å². The molecule has 1 N–H and O–H groups in total. The van der Waals surface area contributed by atoms with Crippen LogP contribution >= 0.6 is 0 Å². The van der Waals surface area contributed by atoms with Gasteiger partial charge in [0.15, 0.2) is 0 Å². The van der Waals surface area contributed by atoms with E-state index in [1.807, 2.05) is 30.3 Å². The fraction of sp³-hybridized carbons (Fsp3) is 0.571. The van der Waals surface area contributed by atoms with E-state index in [1.54, 1.807) is 0 Å². The number of hydrogen-bond donors (Lipinski definition) is 1. The molecule has 90 valence electrons. The van der Waals surface area contributed by atoms with Gasteiger partial charge in [-0.05, 0) is 50.9 Å². The van der Waals surface area contributed by atoms with Crippen LogP contribution in [0.3, 0.4) is 0 Å². The Balaban J connectivity index is 1.89. The van der Waals surface area contributed by atoms with Crippen LogP contribution in [0, 0.1) is 0 Å². The molecule has 1 rings (SSSR count). The number of rotatable bonds is 9. The topological polar surface area (TPSA) is 21.3 Å². The number of nitrogens with one attached hydrogen (secondary N) is 1. The molecule has 2 nitrogen and oxygen atoms in total. The lowest BCUT2D eigenvalue weighted by molar-refractivity contribution is 0.305. The van der Waals surface area contributed by atoms with E-state index in [1.165, 1.54) is 19.3 Å². The summed E-state index contributed by atoms with van der Waals surface area (Å²) in [6.07, 6.45) is 4.85. The van der Waals surface area contributed by atoms with Crippen molar-refractivity contribution in [1.29, 1.82) is 0 Å². The van der Waals surface area contributed by atoms with Crippen molar-refractivity contribution in [3.63, 3.8) is 0 Å². The van der Waals surface area contributed by atoms with Gasteiger partial charge in [-0.1, -0.05) is 25.1 Å². The summed E-state index contributed by atoms with van der Waals surface area (Å²) in [4.78, 5) is 0. The van der Waals surface area contributed by atoms with Gasteiger partial charge in [0.2, 0.25) is 0 Å². The summed E-state index contributed by atoms with van der Waals surface area (Å²) >= 11 is 0. The van der Waals surface area contributed by atoms with Crippen molar-refractivity contribution in [3.05, 3.63) is 30.3 Å². The highest BCUT2D eigenvalue weighted by molar-refractivity contribution is 5.20. The summed E-state index contributed by atoms with van der Waals surface area (Å²) in [6.45, 7) is 5.30. The first-order valence-electron chi connectivity index (χ1n) is 6.32. The average molecular weight is 221 g/mol. The van der Waals surface area contributed by atoms with Gasteiger partial charge in [0.1, 0.15) is 5.75 Å². The third-order valence-electron chi connectivity index (χ3n) is 2.44. The highest BCUT2D eigenvalue weighted by Gasteiger charge is 1.92. The molecule has 0 saturated carbocycles. The Bertz CT molecular complexity index is 248. The second-order valence-corrected chi connectivity index (χ2v) is 3.97. The van der Waals surface area contributed by atoms with Crippen LogP contribution in [-0.2, 0) is 0 Å². The molecule has 0 spiro atoms. The Labute approximate surface area is 99.0 Å². The van der Waals surface area contributed by atoms with Gasteiger partial charge in [-0.25, -0.2) is 0 Å². The molecule has 1 aromatic carbocycles. The van der Waals surface area contributed by atoms with Crippen LogP contribution in [0.15, 0.2) is 30.3 Å². The van der Waals surface area contributed by atoms with Crippen molar-refractivity contribution >= 4 is 0 Å². The van der Waals surface area contributed by atoms with E-state index in [0.717, 1.165) is 31.9 Å². The summed E-state index contributed by atoms with van der Waals surface area (Å²) in [5.41, 5.74) is 0. The zero-order chi connectivity index (χ0) is 11.5. The lowest BCUT2D eigenvalue weighted by atomic mass is 10.2. The molecule has 0 heterocycles. The quantitative estimate of drug-likeness (QED) is 0.646. The predicted octanol–water partition coefficient (Wildman–Crippen LogP) is 3.24. The van der Waals surface area contributed by atoms with Crippen molar-refractivity contribution in [1.82, 2.24) is 5.32 Å². The monoisotopic (exact) mass is 221 g/mol. The van der Waals surface area contributed by atoms with E-state index >= 15 is 0 Å². The molecule has 0 aliphatic rings. The van der Waals surface area contributed by atoms with Crippen LogP contribution in [0.25, 0.3) is 0 Å². The molecular weight excluding hydrogens is 198 g/mol. The second kappa shape index (κ2) is 9.22. The Morgan fingerprint density at radius 2 is 1.81 bits per heavy atom. The van der Waals surface area contributed by atoms with E-state index in [9.17, 15) is 0 Å². The lowest BCUT2D eigenvalue weighted by Gasteiger charge is -2.06. The maximum Gasteiger partial charge on any atom is 0.119 e. The highest BCUT2D eigenvalue weighted by atomic mass is 16.5. The molecular formula is C14H23NO. The van der Waals surface area contributed by atoms with Gasteiger partial charge in [-0.2, -0.15) is 0 Å². The van der Waals surface area contributed by atoms with E-state index in [0.29, 0.717) is 0 Å².